The molecule has 1 heterocycles. The number of unbranched alkanes of at least 4 members (excludes halogenated alkanes) is 1. The highest BCUT2D eigenvalue weighted by atomic mass is 35.5. The van der Waals surface area contributed by atoms with E-state index in [9.17, 15) is 17.6 Å². The predicted molar refractivity (Wildman–Crippen MR) is 146 cm³/mol. The first kappa shape index (κ1) is 27.9. The number of amides is 1. The van der Waals surface area contributed by atoms with Gasteiger partial charge in [0.1, 0.15) is 5.82 Å². The number of anilines is 1. The van der Waals surface area contributed by atoms with E-state index in [1.165, 1.54) is 49.6 Å². The number of hydrogen-bond acceptors (Lipinski definition) is 5. The van der Waals surface area contributed by atoms with Gasteiger partial charge in [0.25, 0.3) is 15.9 Å². The maximum Gasteiger partial charge on any atom is 0.295 e. The Balaban J connectivity index is 1.41. The first-order valence-corrected chi connectivity index (χ1v) is 14.5. The average molecular weight is 560 g/mol. The van der Waals surface area contributed by atoms with Crippen molar-refractivity contribution in [3.8, 4) is 5.75 Å². The molecular formula is C28H31ClFN3O4S. The normalized spacial score (nSPS) is 14.2. The summed E-state index contributed by atoms with van der Waals surface area (Å²) >= 11 is 6.08. The van der Waals surface area contributed by atoms with E-state index in [2.05, 4.69) is 10.6 Å². The molecule has 7 nitrogen and oxygen atoms in total. The van der Waals surface area contributed by atoms with Crippen molar-refractivity contribution in [2.45, 2.75) is 37.0 Å². The molecule has 3 aromatic rings. The molecule has 38 heavy (non-hydrogen) atoms. The first-order chi connectivity index (χ1) is 18.3. The monoisotopic (exact) mass is 559 g/mol. The maximum atomic E-state index is 13.6. The van der Waals surface area contributed by atoms with E-state index in [1.54, 1.807) is 30.3 Å². The molecule has 202 valence electrons. The molecule has 10 heteroatoms. The van der Waals surface area contributed by atoms with Crippen LogP contribution in [0.15, 0.2) is 77.7 Å². The van der Waals surface area contributed by atoms with Crippen LogP contribution in [0.4, 0.5) is 10.1 Å². The van der Waals surface area contributed by atoms with E-state index in [1.807, 2.05) is 0 Å². The van der Waals surface area contributed by atoms with Gasteiger partial charge in [-0.15, -0.1) is 0 Å². The summed E-state index contributed by atoms with van der Waals surface area (Å²) in [5.41, 5.74) is 0.579. The van der Waals surface area contributed by atoms with Crippen molar-refractivity contribution in [3.63, 3.8) is 0 Å². The molecule has 4 rings (SSSR count). The Kier molecular flexibility index (Phi) is 9.60. The lowest BCUT2D eigenvalue weighted by Crippen LogP contribution is -2.34. The van der Waals surface area contributed by atoms with Crippen molar-refractivity contribution in [3.05, 3.63) is 89.2 Å². The molecule has 0 saturated carbocycles. The Bertz CT molecular complexity index is 1320. The number of para-hydroxylation sites is 1. The largest absolute Gasteiger partial charge is 0.363 e. The smallest absolute Gasteiger partial charge is 0.295 e. The van der Waals surface area contributed by atoms with Gasteiger partial charge in [-0.2, -0.15) is 8.42 Å². The van der Waals surface area contributed by atoms with Gasteiger partial charge < -0.3 is 15.5 Å². The van der Waals surface area contributed by atoms with Crippen LogP contribution in [0.1, 0.15) is 42.5 Å². The van der Waals surface area contributed by atoms with Crippen LogP contribution in [0.2, 0.25) is 5.02 Å². The number of nitrogens with one attached hydrogen (secondary N) is 2. The number of halogens is 2. The molecule has 3 aromatic carbocycles. The summed E-state index contributed by atoms with van der Waals surface area (Å²) < 4.78 is 41.3. The fraction of sp³-hybridized carbons (Fsp3) is 0.321. The van der Waals surface area contributed by atoms with E-state index in [0.717, 1.165) is 48.5 Å². The van der Waals surface area contributed by atoms with Gasteiger partial charge >= 0.3 is 0 Å². The predicted octanol–water partition coefficient (Wildman–Crippen LogP) is 5.57. The molecule has 0 aliphatic carbocycles. The van der Waals surface area contributed by atoms with Crippen LogP contribution in [0.3, 0.4) is 0 Å². The first-order valence-electron chi connectivity index (χ1n) is 12.7. The summed E-state index contributed by atoms with van der Waals surface area (Å²) in [6, 6.07) is 17.2. The lowest BCUT2D eigenvalue weighted by molar-refractivity contribution is 0.0952. The molecule has 0 unspecified atom stereocenters. The van der Waals surface area contributed by atoms with Crippen LogP contribution in [0.5, 0.6) is 5.75 Å². The molecule has 0 bridgehead atoms. The second-order valence-corrected chi connectivity index (χ2v) is 11.4. The van der Waals surface area contributed by atoms with Crippen molar-refractivity contribution in [2.24, 2.45) is 5.92 Å². The van der Waals surface area contributed by atoms with E-state index >= 15 is 0 Å². The van der Waals surface area contributed by atoms with Crippen molar-refractivity contribution in [1.29, 1.82) is 0 Å². The Morgan fingerprint density at radius 2 is 1.74 bits per heavy atom. The summed E-state index contributed by atoms with van der Waals surface area (Å²) in [7, 11) is -4.23. The lowest BCUT2D eigenvalue weighted by Gasteiger charge is -2.24. The Morgan fingerprint density at radius 3 is 2.42 bits per heavy atom. The van der Waals surface area contributed by atoms with Gasteiger partial charge in [-0.25, -0.2) is 4.39 Å². The number of piperidine rings is 1. The number of rotatable bonds is 11. The van der Waals surface area contributed by atoms with Crippen LogP contribution in [0.25, 0.3) is 0 Å². The van der Waals surface area contributed by atoms with E-state index < -0.39 is 15.8 Å². The fourth-order valence-corrected chi connectivity index (χ4v) is 5.79. The summed E-state index contributed by atoms with van der Waals surface area (Å²) in [4.78, 5) is 18.2. The van der Waals surface area contributed by atoms with Gasteiger partial charge in [0.05, 0.1) is 15.6 Å². The standard InChI is InChI=1S/C28H31ClFN3O4S/c29-26-20-23(30)11-14-27(26)37-33(24-7-2-1-3-8-24)38(35,36)25-12-9-22(10-13-25)28(34)32-17-5-4-6-21-15-18-31-19-16-21/h1-3,7-14,20-21,31H,4-6,15-19H2,(H,32,34). The molecule has 2 N–H and O–H groups in total. The van der Waals surface area contributed by atoms with Crippen LogP contribution in [-0.4, -0.2) is 34.0 Å². The van der Waals surface area contributed by atoms with Crippen LogP contribution in [-0.2, 0) is 10.0 Å². The highest BCUT2D eigenvalue weighted by molar-refractivity contribution is 7.92. The molecule has 0 spiro atoms. The number of nitrogens with zero attached hydrogens (tertiary/aromatic N) is 1. The zero-order chi connectivity index (χ0) is 27.0. The number of carbonyl (C=O) groups is 1. The Hall–Kier alpha value is -3.14. The average Bonchev–Trinajstić information content (AvgIpc) is 2.93. The van der Waals surface area contributed by atoms with Gasteiger partial charge in [-0.3, -0.25) is 4.79 Å². The molecule has 0 atom stereocenters. The van der Waals surface area contributed by atoms with Crippen molar-refractivity contribution in [2.75, 3.05) is 24.1 Å². The third kappa shape index (κ3) is 7.24. The van der Waals surface area contributed by atoms with Gasteiger partial charge in [0, 0.05) is 12.1 Å². The fourth-order valence-electron chi connectivity index (χ4n) is 4.34. The Labute approximate surface area is 228 Å². The molecule has 1 fully saturated rings. The number of benzene rings is 3. The molecular weight excluding hydrogens is 529 g/mol. The maximum absolute atomic E-state index is 13.6. The van der Waals surface area contributed by atoms with Crippen molar-refractivity contribution >= 4 is 33.2 Å². The van der Waals surface area contributed by atoms with Gasteiger partial charge in [-0.1, -0.05) is 47.1 Å². The van der Waals surface area contributed by atoms with Crippen LogP contribution < -0.4 is 19.9 Å². The van der Waals surface area contributed by atoms with Gasteiger partial charge in [0.2, 0.25) is 0 Å². The summed E-state index contributed by atoms with van der Waals surface area (Å²) in [6.07, 6.45) is 5.57. The number of sulfonamides is 1. The van der Waals surface area contributed by atoms with E-state index in [4.69, 9.17) is 16.4 Å². The minimum absolute atomic E-state index is 0.0309. The zero-order valence-electron chi connectivity index (χ0n) is 20.9. The minimum atomic E-state index is -4.23. The van der Waals surface area contributed by atoms with E-state index in [0.29, 0.717) is 12.1 Å². The second-order valence-electron chi connectivity index (χ2n) is 9.20. The second kappa shape index (κ2) is 13.1. The summed E-state index contributed by atoms with van der Waals surface area (Å²) in [5.74, 6) is -0.103. The number of carbonyl (C=O) groups excluding carboxylic acids is 1. The number of hydrogen-bond donors (Lipinski definition) is 2. The highest BCUT2D eigenvalue weighted by Crippen LogP contribution is 2.31. The zero-order valence-corrected chi connectivity index (χ0v) is 22.5. The molecule has 0 aromatic heterocycles. The summed E-state index contributed by atoms with van der Waals surface area (Å²) in [5, 5.41) is 6.20. The molecule has 1 aliphatic rings. The third-order valence-corrected chi connectivity index (χ3v) is 8.34. The molecule has 1 saturated heterocycles. The minimum Gasteiger partial charge on any atom is -0.363 e. The molecule has 1 aliphatic heterocycles. The third-order valence-electron chi connectivity index (χ3n) is 6.46. The topological polar surface area (TPSA) is 87.7 Å². The highest BCUT2D eigenvalue weighted by Gasteiger charge is 2.28. The van der Waals surface area contributed by atoms with Gasteiger partial charge in [0.15, 0.2) is 5.75 Å². The van der Waals surface area contributed by atoms with Crippen molar-refractivity contribution < 1.29 is 22.4 Å². The Morgan fingerprint density at radius 1 is 1.03 bits per heavy atom. The lowest BCUT2D eigenvalue weighted by atomic mass is 9.92. The van der Waals surface area contributed by atoms with E-state index in [-0.39, 0.29) is 27.3 Å². The van der Waals surface area contributed by atoms with Crippen molar-refractivity contribution in [1.82, 2.24) is 10.6 Å². The SMILES string of the molecule is O=C(NCCCCC1CCNCC1)c1ccc(S(=O)(=O)N(Oc2ccc(F)cc2Cl)c2ccccc2)cc1. The summed E-state index contributed by atoms with van der Waals surface area (Å²) in [6.45, 7) is 2.74. The quantitative estimate of drug-likeness (QED) is 0.237. The van der Waals surface area contributed by atoms with Crippen LogP contribution in [0, 0.1) is 11.7 Å². The molecule has 1 amide bonds. The van der Waals surface area contributed by atoms with Gasteiger partial charge in [-0.05, 0) is 92.9 Å². The molecule has 0 radical (unpaired) electrons. The van der Waals surface area contributed by atoms with Crippen LogP contribution >= 0.6 is 11.6 Å².